The summed E-state index contributed by atoms with van der Waals surface area (Å²) in [6.45, 7) is 6.28. The summed E-state index contributed by atoms with van der Waals surface area (Å²) in [4.78, 5) is 11.7. The number of rotatable bonds is 5. The molecular weight excluding hydrogens is 316 g/mol. The van der Waals surface area contributed by atoms with Crippen LogP contribution in [0.15, 0.2) is 61.4 Å². The molecule has 3 rings (SSSR count). The van der Waals surface area contributed by atoms with Crippen LogP contribution in [0, 0.1) is 0 Å². The highest BCUT2D eigenvalue weighted by atomic mass is 16.4. The Labute approximate surface area is 146 Å². The lowest BCUT2D eigenvalue weighted by Gasteiger charge is -2.07. The van der Waals surface area contributed by atoms with E-state index in [0.717, 1.165) is 18.4 Å². The van der Waals surface area contributed by atoms with Gasteiger partial charge in [0.15, 0.2) is 0 Å². The monoisotopic (exact) mass is 338 g/mol. The molecule has 1 N–H and O–H groups in total. The van der Waals surface area contributed by atoms with Gasteiger partial charge in [-0.05, 0) is 52.2 Å². The van der Waals surface area contributed by atoms with E-state index in [1.54, 1.807) is 12.1 Å². The van der Waals surface area contributed by atoms with Crippen LogP contribution in [0.25, 0.3) is 21.9 Å². The zero-order chi connectivity index (χ0) is 18.0. The molecule has 1 aromatic carbocycles. The number of phenolic OH excluding ortho intramolecular Hbond substituents is 1. The first-order valence-electron chi connectivity index (χ1n) is 8.41. The van der Waals surface area contributed by atoms with Crippen molar-refractivity contribution in [1.82, 2.24) is 0 Å². The third-order valence-electron chi connectivity index (χ3n) is 4.30. The molecule has 130 valence electrons. The van der Waals surface area contributed by atoms with E-state index in [1.165, 1.54) is 23.5 Å². The Kier molecular flexibility index (Phi) is 4.79. The summed E-state index contributed by atoms with van der Waals surface area (Å²) in [7, 11) is 0. The molecular formula is C21H22O4. The normalized spacial score (nSPS) is 12.0. The summed E-state index contributed by atoms with van der Waals surface area (Å²) < 4.78 is 10.9. The summed E-state index contributed by atoms with van der Waals surface area (Å²) in [6.07, 6.45) is 8.44. The maximum Gasteiger partial charge on any atom is 0.336 e. The summed E-state index contributed by atoms with van der Waals surface area (Å²) >= 11 is 0. The SMILES string of the molecule is CC(C)=CCCC(C)=CCc1c2occc2c(O)c2ccc(=O)oc12. The molecule has 0 amide bonds. The smallest absolute Gasteiger partial charge is 0.336 e. The molecule has 0 atom stereocenters. The maximum atomic E-state index is 11.7. The minimum Gasteiger partial charge on any atom is -0.506 e. The van der Waals surface area contributed by atoms with E-state index in [1.807, 2.05) is 0 Å². The van der Waals surface area contributed by atoms with Crippen LogP contribution in [0.4, 0.5) is 0 Å². The van der Waals surface area contributed by atoms with Gasteiger partial charge < -0.3 is 13.9 Å². The highest BCUT2D eigenvalue weighted by Crippen LogP contribution is 2.37. The van der Waals surface area contributed by atoms with Crippen LogP contribution in [-0.4, -0.2) is 5.11 Å². The van der Waals surface area contributed by atoms with Gasteiger partial charge in [-0.1, -0.05) is 23.3 Å². The fourth-order valence-electron chi connectivity index (χ4n) is 2.96. The second kappa shape index (κ2) is 7.01. The van der Waals surface area contributed by atoms with Crippen molar-refractivity contribution in [2.45, 2.75) is 40.0 Å². The van der Waals surface area contributed by atoms with E-state index < -0.39 is 5.63 Å². The molecule has 0 aliphatic rings. The first-order valence-corrected chi connectivity index (χ1v) is 8.41. The topological polar surface area (TPSA) is 63.6 Å². The molecule has 0 saturated carbocycles. The second-order valence-electron chi connectivity index (χ2n) is 6.56. The van der Waals surface area contributed by atoms with Crippen LogP contribution in [0.5, 0.6) is 5.75 Å². The van der Waals surface area contributed by atoms with Gasteiger partial charge in [-0.25, -0.2) is 4.79 Å². The molecule has 25 heavy (non-hydrogen) atoms. The van der Waals surface area contributed by atoms with Crippen molar-refractivity contribution in [1.29, 1.82) is 0 Å². The molecule has 0 spiro atoms. The predicted molar refractivity (Wildman–Crippen MR) is 100 cm³/mol. The summed E-state index contributed by atoms with van der Waals surface area (Å²) in [6, 6.07) is 4.64. The van der Waals surface area contributed by atoms with Gasteiger partial charge >= 0.3 is 5.63 Å². The van der Waals surface area contributed by atoms with E-state index in [4.69, 9.17) is 8.83 Å². The molecule has 0 aliphatic carbocycles. The molecule has 0 radical (unpaired) electrons. The predicted octanol–water partition coefficient (Wildman–Crippen LogP) is 5.48. The summed E-state index contributed by atoms with van der Waals surface area (Å²) in [5, 5.41) is 11.6. The molecule has 0 saturated heterocycles. The van der Waals surface area contributed by atoms with Crippen molar-refractivity contribution < 1.29 is 13.9 Å². The van der Waals surface area contributed by atoms with Gasteiger partial charge in [0.2, 0.25) is 0 Å². The maximum absolute atomic E-state index is 11.7. The Bertz CT molecular complexity index is 1030. The molecule has 0 bridgehead atoms. The van der Waals surface area contributed by atoms with Gasteiger partial charge in [-0.15, -0.1) is 0 Å². The van der Waals surface area contributed by atoms with Crippen LogP contribution in [0.1, 0.15) is 39.2 Å². The molecule has 0 aliphatic heterocycles. The molecule has 4 heteroatoms. The van der Waals surface area contributed by atoms with Crippen LogP contribution >= 0.6 is 0 Å². The number of fused-ring (bicyclic) bond motifs is 2. The van der Waals surface area contributed by atoms with Crippen molar-refractivity contribution in [3.8, 4) is 5.75 Å². The van der Waals surface area contributed by atoms with E-state index in [2.05, 4.69) is 32.9 Å². The standard InChI is InChI=1S/C21H22O4/c1-13(2)5-4-6-14(3)7-8-17-20-16(11-12-24-20)19(23)15-9-10-18(22)25-21(15)17/h5,7,9-12,23H,4,6,8H2,1-3H3. The van der Waals surface area contributed by atoms with Crippen LogP contribution in [0.2, 0.25) is 0 Å². The van der Waals surface area contributed by atoms with E-state index in [0.29, 0.717) is 28.4 Å². The largest absolute Gasteiger partial charge is 0.506 e. The lowest BCUT2D eigenvalue weighted by molar-refractivity contribution is 0.484. The van der Waals surface area contributed by atoms with Gasteiger partial charge in [-0.2, -0.15) is 0 Å². The van der Waals surface area contributed by atoms with Crippen molar-refractivity contribution in [2.75, 3.05) is 0 Å². The minimum atomic E-state index is -0.441. The first kappa shape index (κ1) is 17.1. The highest BCUT2D eigenvalue weighted by Gasteiger charge is 2.17. The number of furan rings is 1. The lowest BCUT2D eigenvalue weighted by Crippen LogP contribution is -1.98. The average Bonchev–Trinajstić information content (AvgIpc) is 3.04. The third-order valence-corrected chi connectivity index (χ3v) is 4.30. The van der Waals surface area contributed by atoms with E-state index >= 15 is 0 Å². The Morgan fingerprint density at radius 1 is 1.08 bits per heavy atom. The van der Waals surface area contributed by atoms with Crippen LogP contribution in [-0.2, 0) is 6.42 Å². The van der Waals surface area contributed by atoms with E-state index in [-0.39, 0.29) is 5.75 Å². The number of phenols is 1. The second-order valence-corrected chi connectivity index (χ2v) is 6.56. The molecule has 3 aromatic rings. The zero-order valence-corrected chi connectivity index (χ0v) is 14.8. The van der Waals surface area contributed by atoms with Crippen LogP contribution in [0.3, 0.4) is 0 Å². The third kappa shape index (κ3) is 3.53. The number of hydrogen-bond donors (Lipinski definition) is 1. The fourth-order valence-corrected chi connectivity index (χ4v) is 2.96. The van der Waals surface area contributed by atoms with E-state index in [9.17, 15) is 9.90 Å². The lowest BCUT2D eigenvalue weighted by atomic mass is 10.0. The number of hydrogen-bond acceptors (Lipinski definition) is 4. The Hall–Kier alpha value is -2.75. The van der Waals surface area contributed by atoms with Crippen molar-refractivity contribution >= 4 is 21.9 Å². The Morgan fingerprint density at radius 2 is 1.84 bits per heavy atom. The summed E-state index contributed by atoms with van der Waals surface area (Å²) in [5.74, 6) is 0.0792. The first-order chi connectivity index (χ1) is 12.0. The number of allylic oxidation sites excluding steroid dienone is 4. The minimum absolute atomic E-state index is 0.0792. The average molecular weight is 338 g/mol. The van der Waals surface area contributed by atoms with Gasteiger partial charge in [0.1, 0.15) is 16.9 Å². The van der Waals surface area contributed by atoms with Crippen LogP contribution < -0.4 is 5.63 Å². The van der Waals surface area contributed by atoms with Gasteiger partial charge in [-0.3, -0.25) is 0 Å². The molecule has 0 unspecified atom stereocenters. The highest BCUT2D eigenvalue weighted by molar-refractivity contribution is 6.03. The zero-order valence-electron chi connectivity index (χ0n) is 14.8. The molecule has 4 nitrogen and oxygen atoms in total. The van der Waals surface area contributed by atoms with Gasteiger partial charge in [0, 0.05) is 11.6 Å². The van der Waals surface area contributed by atoms with Gasteiger partial charge in [0.05, 0.1) is 17.0 Å². The van der Waals surface area contributed by atoms with Crippen molar-refractivity contribution in [3.63, 3.8) is 0 Å². The van der Waals surface area contributed by atoms with Crippen molar-refractivity contribution in [2.24, 2.45) is 0 Å². The number of benzene rings is 1. The van der Waals surface area contributed by atoms with Gasteiger partial charge in [0.25, 0.3) is 0 Å². The Morgan fingerprint density at radius 3 is 2.60 bits per heavy atom. The fraction of sp³-hybridized carbons (Fsp3) is 0.286. The molecule has 2 heterocycles. The molecule has 0 fully saturated rings. The Balaban J connectivity index is 2.03. The quantitative estimate of drug-likeness (QED) is 0.494. The molecule has 2 aromatic heterocycles. The summed E-state index contributed by atoms with van der Waals surface area (Å²) in [5.41, 5.74) is 3.87. The number of aromatic hydroxyl groups is 1. The van der Waals surface area contributed by atoms with Crippen molar-refractivity contribution in [3.05, 3.63) is 63.7 Å².